The van der Waals surface area contributed by atoms with Crippen LogP contribution in [0.1, 0.15) is 39.5 Å². The van der Waals surface area contributed by atoms with Crippen molar-refractivity contribution in [3.05, 3.63) is 0 Å². The largest absolute Gasteiger partial charge is 0.468 e. The Bertz CT molecular complexity index is 270. The lowest BCUT2D eigenvalue weighted by Gasteiger charge is -2.29. The average molecular weight is 273 g/mol. The Hall–Kier alpha value is -0.650. The molecular formula is C14H27NO4. The van der Waals surface area contributed by atoms with E-state index in [1.807, 2.05) is 13.8 Å². The van der Waals surface area contributed by atoms with Crippen LogP contribution in [0.3, 0.4) is 0 Å². The molecule has 5 heteroatoms. The number of esters is 1. The van der Waals surface area contributed by atoms with Crippen LogP contribution in [0.2, 0.25) is 0 Å². The highest BCUT2D eigenvalue weighted by molar-refractivity contribution is 5.75. The van der Waals surface area contributed by atoms with Crippen molar-refractivity contribution in [2.45, 2.75) is 63.8 Å². The third-order valence-electron chi connectivity index (χ3n) is 3.43. The van der Waals surface area contributed by atoms with E-state index in [2.05, 4.69) is 5.32 Å². The van der Waals surface area contributed by atoms with E-state index in [-0.39, 0.29) is 24.2 Å². The predicted octanol–water partition coefficient (Wildman–Crippen LogP) is 1.50. The number of methoxy groups -OCH3 is 2. The van der Waals surface area contributed by atoms with Crippen LogP contribution in [0.15, 0.2) is 0 Å². The van der Waals surface area contributed by atoms with Gasteiger partial charge in [0, 0.05) is 13.2 Å². The molecule has 3 unspecified atom stereocenters. The summed E-state index contributed by atoms with van der Waals surface area (Å²) in [6, 6.07) is -0.182. The van der Waals surface area contributed by atoms with Crippen molar-refractivity contribution in [3.63, 3.8) is 0 Å². The van der Waals surface area contributed by atoms with Gasteiger partial charge in [0.25, 0.3) is 0 Å². The summed E-state index contributed by atoms with van der Waals surface area (Å²) in [5.41, 5.74) is 0. The van der Waals surface area contributed by atoms with Crippen molar-refractivity contribution in [2.24, 2.45) is 0 Å². The Morgan fingerprint density at radius 1 is 1.26 bits per heavy atom. The molecule has 0 bridgehead atoms. The Morgan fingerprint density at radius 2 is 1.95 bits per heavy atom. The number of hydrogen-bond acceptors (Lipinski definition) is 5. The van der Waals surface area contributed by atoms with Crippen molar-refractivity contribution >= 4 is 5.97 Å². The first-order chi connectivity index (χ1) is 9.06. The van der Waals surface area contributed by atoms with Crippen LogP contribution in [0, 0.1) is 0 Å². The van der Waals surface area contributed by atoms with Crippen molar-refractivity contribution < 1.29 is 19.0 Å². The van der Waals surface area contributed by atoms with E-state index in [0.29, 0.717) is 6.61 Å². The van der Waals surface area contributed by atoms with Crippen molar-refractivity contribution in [3.8, 4) is 0 Å². The molecule has 3 atom stereocenters. The first kappa shape index (κ1) is 16.4. The van der Waals surface area contributed by atoms with E-state index < -0.39 is 6.04 Å². The van der Waals surface area contributed by atoms with E-state index in [1.54, 1.807) is 7.11 Å². The van der Waals surface area contributed by atoms with Crippen LogP contribution >= 0.6 is 0 Å². The summed E-state index contributed by atoms with van der Waals surface area (Å²) in [6.07, 6.45) is 4.62. The Labute approximate surface area is 116 Å². The Kier molecular flexibility index (Phi) is 7.34. The fourth-order valence-corrected chi connectivity index (χ4v) is 2.43. The lowest BCUT2D eigenvalue weighted by molar-refractivity contribution is -0.146. The molecule has 0 aromatic carbocycles. The third-order valence-corrected chi connectivity index (χ3v) is 3.43. The van der Waals surface area contributed by atoms with Crippen LogP contribution in [-0.4, -0.2) is 51.1 Å². The first-order valence-corrected chi connectivity index (χ1v) is 7.05. The van der Waals surface area contributed by atoms with Gasteiger partial charge in [0.1, 0.15) is 6.04 Å². The van der Waals surface area contributed by atoms with Gasteiger partial charge in [0.2, 0.25) is 0 Å². The summed E-state index contributed by atoms with van der Waals surface area (Å²) >= 11 is 0. The molecule has 1 fully saturated rings. The molecule has 0 spiro atoms. The van der Waals surface area contributed by atoms with E-state index in [4.69, 9.17) is 14.2 Å². The van der Waals surface area contributed by atoms with E-state index in [0.717, 1.165) is 25.7 Å². The first-order valence-electron chi connectivity index (χ1n) is 7.05. The molecule has 0 saturated heterocycles. The highest BCUT2D eigenvalue weighted by atomic mass is 16.5. The minimum Gasteiger partial charge on any atom is -0.468 e. The van der Waals surface area contributed by atoms with Gasteiger partial charge in [-0.05, 0) is 25.7 Å². The quantitative estimate of drug-likeness (QED) is 0.712. The van der Waals surface area contributed by atoms with Gasteiger partial charge in [-0.15, -0.1) is 0 Å². The summed E-state index contributed by atoms with van der Waals surface area (Å²) in [6.45, 7) is 4.35. The molecule has 0 aliphatic heterocycles. The molecular weight excluding hydrogens is 246 g/mol. The minimum absolute atomic E-state index is 0.180. The maximum atomic E-state index is 11.7. The summed E-state index contributed by atoms with van der Waals surface area (Å²) in [4.78, 5) is 11.7. The highest BCUT2D eigenvalue weighted by Gasteiger charge is 2.26. The molecule has 0 heterocycles. The van der Waals surface area contributed by atoms with Gasteiger partial charge in [-0.3, -0.25) is 4.79 Å². The van der Waals surface area contributed by atoms with Gasteiger partial charge in [-0.2, -0.15) is 0 Å². The zero-order valence-electron chi connectivity index (χ0n) is 12.5. The topological polar surface area (TPSA) is 56.8 Å². The zero-order valence-corrected chi connectivity index (χ0v) is 12.5. The van der Waals surface area contributed by atoms with Gasteiger partial charge in [-0.25, -0.2) is 0 Å². The second-order valence-corrected chi connectivity index (χ2v) is 5.38. The van der Waals surface area contributed by atoms with Gasteiger partial charge >= 0.3 is 5.97 Å². The zero-order chi connectivity index (χ0) is 14.3. The number of carbonyl (C=O) groups excluding carboxylic acids is 1. The molecule has 0 radical (unpaired) electrons. The van der Waals surface area contributed by atoms with Gasteiger partial charge in [0.05, 0.1) is 25.9 Å². The molecule has 0 aromatic rings. The molecule has 1 rings (SSSR count). The molecule has 1 saturated carbocycles. The second kappa shape index (κ2) is 8.51. The predicted molar refractivity (Wildman–Crippen MR) is 73.1 cm³/mol. The summed E-state index contributed by atoms with van der Waals surface area (Å²) < 4.78 is 16.0. The van der Waals surface area contributed by atoms with E-state index >= 15 is 0 Å². The van der Waals surface area contributed by atoms with Crippen LogP contribution in [0.4, 0.5) is 0 Å². The number of carbonyl (C=O) groups is 1. The summed E-state index contributed by atoms with van der Waals surface area (Å²) in [5, 5.41) is 3.16. The fourth-order valence-electron chi connectivity index (χ4n) is 2.43. The fraction of sp³-hybridized carbons (Fsp3) is 0.929. The maximum absolute atomic E-state index is 11.7. The molecule has 5 nitrogen and oxygen atoms in total. The molecule has 1 N–H and O–H groups in total. The van der Waals surface area contributed by atoms with Gasteiger partial charge < -0.3 is 19.5 Å². The maximum Gasteiger partial charge on any atom is 0.325 e. The Morgan fingerprint density at radius 3 is 2.53 bits per heavy atom. The molecule has 0 aromatic heterocycles. The smallest absolute Gasteiger partial charge is 0.325 e. The van der Waals surface area contributed by atoms with Crippen molar-refractivity contribution in [1.82, 2.24) is 5.32 Å². The number of nitrogens with one attached hydrogen (secondary N) is 1. The minimum atomic E-state index is -0.395. The summed E-state index contributed by atoms with van der Waals surface area (Å²) in [7, 11) is 3.14. The van der Waals surface area contributed by atoms with Gasteiger partial charge in [0.15, 0.2) is 0 Å². The van der Waals surface area contributed by atoms with E-state index in [9.17, 15) is 4.79 Å². The lowest BCUT2D eigenvalue weighted by Crippen LogP contribution is -2.45. The summed E-state index contributed by atoms with van der Waals surface area (Å²) in [5.74, 6) is -0.271. The molecule has 0 amide bonds. The van der Waals surface area contributed by atoms with Crippen LogP contribution < -0.4 is 5.32 Å². The Balaban J connectivity index is 2.39. The molecule has 112 valence electrons. The van der Waals surface area contributed by atoms with Crippen LogP contribution in [0.25, 0.3) is 0 Å². The molecule has 19 heavy (non-hydrogen) atoms. The SMILES string of the molecule is COC(=O)C(COC1CCCC(OC)C1)NC(C)C. The molecule has 1 aliphatic carbocycles. The molecule has 1 aliphatic rings. The van der Waals surface area contributed by atoms with Crippen molar-refractivity contribution in [2.75, 3.05) is 20.8 Å². The van der Waals surface area contributed by atoms with Crippen LogP contribution in [0.5, 0.6) is 0 Å². The second-order valence-electron chi connectivity index (χ2n) is 5.38. The van der Waals surface area contributed by atoms with Crippen molar-refractivity contribution in [1.29, 1.82) is 0 Å². The number of hydrogen-bond donors (Lipinski definition) is 1. The van der Waals surface area contributed by atoms with Gasteiger partial charge in [-0.1, -0.05) is 13.8 Å². The monoisotopic (exact) mass is 273 g/mol. The average Bonchev–Trinajstić information content (AvgIpc) is 2.42. The standard InChI is InChI=1S/C14H27NO4/c1-10(2)15-13(14(16)18-4)9-19-12-7-5-6-11(8-12)17-3/h10-13,15H,5-9H2,1-4H3. The van der Waals surface area contributed by atoms with E-state index in [1.165, 1.54) is 7.11 Å². The normalized spacial score (nSPS) is 25.3. The van der Waals surface area contributed by atoms with Crippen LogP contribution in [-0.2, 0) is 19.0 Å². The third kappa shape index (κ3) is 5.89. The number of rotatable bonds is 7. The lowest BCUT2D eigenvalue weighted by atomic mass is 9.95. The highest BCUT2D eigenvalue weighted by Crippen LogP contribution is 2.23. The number of ether oxygens (including phenoxy) is 3.